The minimum Gasteiger partial charge on any atom is -0.468 e. The van der Waals surface area contributed by atoms with E-state index in [0.29, 0.717) is 0 Å². The van der Waals surface area contributed by atoms with Crippen molar-refractivity contribution in [1.29, 1.82) is 0 Å². The Bertz CT molecular complexity index is 401. The Kier molecular flexibility index (Phi) is 5.35. The average Bonchev–Trinajstić information content (AvgIpc) is 2.36. The lowest BCUT2D eigenvalue weighted by Gasteiger charge is -2.32. The predicted octanol–water partition coefficient (Wildman–Crippen LogP) is 2.88. The highest BCUT2D eigenvalue weighted by Crippen LogP contribution is 2.16. The van der Waals surface area contributed by atoms with Crippen LogP contribution in [0.25, 0.3) is 0 Å². The molecule has 0 fully saturated rings. The van der Waals surface area contributed by atoms with Gasteiger partial charge in [-0.05, 0) is 45.0 Å². The summed E-state index contributed by atoms with van der Waals surface area (Å²) in [7, 11) is 3.36. The summed E-state index contributed by atoms with van der Waals surface area (Å²) in [5, 5.41) is 0. The fourth-order valence-electron chi connectivity index (χ4n) is 1.63. The third-order valence-electron chi connectivity index (χ3n) is 3.29. The molecule has 0 aliphatic heterocycles. The maximum atomic E-state index is 11.7. The molecular weight excluding hydrogens is 294 g/mol. The van der Waals surface area contributed by atoms with Crippen LogP contribution in [0.15, 0.2) is 28.7 Å². The summed E-state index contributed by atoms with van der Waals surface area (Å²) in [4.78, 5) is 13.7. The average molecular weight is 314 g/mol. The van der Waals surface area contributed by atoms with E-state index >= 15 is 0 Å². The molecule has 1 aromatic rings. The van der Waals surface area contributed by atoms with Gasteiger partial charge < -0.3 is 4.74 Å². The number of methoxy groups -OCH3 is 1. The van der Waals surface area contributed by atoms with Crippen LogP contribution in [-0.4, -0.2) is 37.1 Å². The molecule has 0 radical (unpaired) electrons. The Morgan fingerprint density at radius 1 is 1.33 bits per heavy atom. The zero-order chi connectivity index (χ0) is 13.8. The number of carbonyl (C=O) groups excluding carboxylic acids is 1. The maximum Gasteiger partial charge on any atom is 0.325 e. The maximum absolute atomic E-state index is 11.7. The first-order valence-corrected chi connectivity index (χ1v) is 6.71. The largest absolute Gasteiger partial charge is 0.468 e. The first-order chi connectivity index (χ1) is 8.37. The summed E-state index contributed by atoms with van der Waals surface area (Å²) in [6, 6.07) is 8.23. The lowest BCUT2D eigenvalue weighted by molar-refractivity contribution is -0.152. The van der Waals surface area contributed by atoms with Crippen LogP contribution in [0, 0.1) is 0 Å². The molecule has 4 heteroatoms. The zero-order valence-corrected chi connectivity index (χ0v) is 13.0. The topological polar surface area (TPSA) is 29.5 Å². The fourth-order valence-corrected chi connectivity index (χ4v) is 1.90. The van der Waals surface area contributed by atoms with E-state index in [1.807, 2.05) is 37.9 Å². The van der Waals surface area contributed by atoms with Crippen molar-refractivity contribution in [1.82, 2.24) is 4.90 Å². The van der Waals surface area contributed by atoms with E-state index in [4.69, 9.17) is 4.74 Å². The second-order valence-corrected chi connectivity index (χ2v) is 5.76. The third-order valence-corrected chi connectivity index (χ3v) is 3.82. The highest BCUT2D eigenvalue weighted by atomic mass is 79.9. The van der Waals surface area contributed by atoms with E-state index in [1.54, 1.807) is 0 Å². The Morgan fingerprint density at radius 3 is 2.39 bits per heavy atom. The monoisotopic (exact) mass is 313 g/mol. The zero-order valence-electron chi connectivity index (χ0n) is 11.4. The summed E-state index contributed by atoms with van der Waals surface area (Å²) in [6.45, 7) is 4.56. The number of rotatable bonds is 5. The molecule has 0 bridgehead atoms. The minimum absolute atomic E-state index is 0.208. The number of halogens is 1. The number of carbonyl (C=O) groups is 1. The summed E-state index contributed by atoms with van der Waals surface area (Å²) < 4.78 is 5.90. The lowest BCUT2D eigenvalue weighted by atomic mass is 10.0. The standard InChI is InChI=1S/C14H20BrNO2/c1-14(2,13(17)18-4)16(3)10-9-11-5-7-12(15)8-6-11/h5-8H,9-10H2,1-4H3. The van der Waals surface area contributed by atoms with Crippen molar-refractivity contribution in [3.63, 3.8) is 0 Å². The Labute approximate surface area is 117 Å². The van der Waals surface area contributed by atoms with Crippen LogP contribution in [0.4, 0.5) is 0 Å². The molecule has 0 aliphatic rings. The molecule has 0 aliphatic carbocycles. The predicted molar refractivity (Wildman–Crippen MR) is 76.6 cm³/mol. The smallest absolute Gasteiger partial charge is 0.325 e. The molecule has 0 atom stereocenters. The Morgan fingerprint density at radius 2 is 1.89 bits per heavy atom. The van der Waals surface area contributed by atoms with Crippen molar-refractivity contribution in [2.24, 2.45) is 0 Å². The molecule has 3 nitrogen and oxygen atoms in total. The number of ether oxygens (including phenoxy) is 1. The fraction of sp³-hybridized carbons (Fsp3) is 0.500. The van der Waals surface area contributed by atoms with Gasteiger partial charge >= 0.3 is 5.97 Å². The first kappa shape index (κ1) is 15.2. The Balaban J connectivity index is 2.58. The molecule has 0 heterocycles. The van der Waals surface area contributed by atoms with Gasteiger partial charge in [-0.3, -0.25) is 9.69 Å². The molecule has 0 N–H and O–H groups in total. The molecule has 0 unspecified atom stereocenters. The van der Waals surface area contributed by atoms with E-state index in [9.17, 15) is 4.79 Å². The van der Waals surface area contributed by atoms with E-state index < -0.39 is 5.54 Å². The van der Waals surface area contributed by atoms with E-state index in [1.165, 1.54) is 12.7 Å². The molecule has 1 aromatic carbocycles. The highest BCUT2D eigenvalue weighted by molar-refractivity contribution is 9.10. The summed E-state index contributed by atoms with van der Waals surface area (Å²) in [6.07, 6.45) is 0.907. The van der Waals surface area contributed by atoms with Crippen LogP contribution in [-0.2, 0) is 16.0 Å². The number of hydrogen-bond acceptors (Lipinski definition) is 3. The molecule has 0 aromatic heterocycles. The summed E-state index contributed by atoms with van der Waals surface area (Å²) >= 11 is 3.41. The Hall–Kier alpha value is -0.870. The van der Waals surface area contributed by atoms with Gasteiger partial charge in [0.05, 0.1) is 7.11 Å². The molecule has 0 spiro atoms. The number of esters is 1. The van der Waals surface area contributed by atoms with Crippen molar-refractivity contribution in [2.45, 2.75) is 25.8 Å². The van der Waals surface area contributed by atoms with Crippen molar-refractivity contribution >= 4 is 21.9 Å². The molecule has 0 saturated heterocycles. The molecular formula is C14H20BrNO2. The molecule has 1 rings (SSSR count). The number of hydrogen-bond donors (Lipinski definition) is 0. The van der Waals surface area contributed by atoms with Gasteiger partial charge in [-0.2, -0.15) is 0 Å². The first-order valence-electron chi connectivity index (χ1n) is 5.92. The van der Waals surface area contributed by atoms with Gasteiger partial charge in [0, 0.05) is 11.0 Å². The van der Waals surface area contributed by atoms with Crippen molar-refractivity contribution in [3.8, 4) is 0 Å². The van der Waals surface area contributed by atoms with Crippen molar-refractivity contribution in [2.75, 3.05) is 20.7 Å². The molecule has 100 valence electrons. The normalized spacial score (nSPS) is 11.7. The van der Waals surface area contributed by atoms with Gasteiger partial charge in [0.15, 0.2) is 0 Å². The van der Waals surface area contributed by atoms with E-state index in [2.05, 4.69) is 28.1 Å². The van der Waals surface area contributed by atoms with Crippen molar-refractivity contribution in [3.05, 3.63) is 34.3 Å². The third kappa shape index (κ3) is 3.82. The quantitative estimate of drug-likeness (QED) is 0.783. The van der Waals surface area contributed by atoms with Gasteiger partial charge in [0.2, 0.25) is 0 Å². The minimum atomic E-state index is -0.593. The lowest BCUT2D eigenvalue weighted by Crippen LogP contribution is -2.49. The van der Waals surface area contributed by atoms with Crippen LogP contribution in [0.5, 0.6) is 0 Å². The second kappa shape index (κ2) is 6.34. The van der Waals surface area contributed by atoms with Crippen LogP contribution in [0.3, 0.4) is 0 Å². The van der Waals surface area contributed by atoms with Gasteiger partial charge in [0.25, 0.3) is 0 Å². The van der Waals surface area contributed by atoms with Crippen LogP contribution in [0.2, 0.25) is 0 Å². The number of nitrogens with zero attached hydrogens (tertiary/aromatic N) is 1. The van der Waals surface area contributed by atoms with Crippen LogP contribution >= 0.6 is 15.9 Å². The highest BCUT2D eigenvalue weighted by Gasteiger charge is 2.32. The van der Waals surface area contributed by atoms with Crippen LogP contribution in [0.1, 0.15) is 19.4 Å². The summed E-state index contributed by atoms with van der Waals surface area (Å²) in [5.41, 5.74) is 0.662. The second-order valence-electron chi connectivity index (χ2n) is 4.85. The SMILES string of the molecule is COC(=O)C(C)(C)N(C)CCc1ccc(Br)cc1. The van der Waals surface area contributed by atoms with E-state index in [-0.39, 0.29) is 5.97 Å². The molecule has 18 heavy (non-hydrogen) atoms. The van der Waals surface area contributed by atoms with Crippen molar-refractivity contribution < 1.29 is 9.53 Å². The van der Waals surface area contributed by atoms with Gasteiger partial charge in [-0.25, -0.2) is 0 Å². The number of likely N-dealkylation sites (N-methyl/N-ethyl adjacent to an activating group) is 1. The summed E-state index contributed by atoms with van der Waals surface area (Å²) in [5.74, 6) is -0.208. The van der Waals surface area contributed by atoms with E-state index in [0.717, 1.165) is 17.4 Å². The van der Waals surface area contributed by atoms with Gasteiger partial charge in [0.1, 0.15) is 5.54 Å². The molecule has 0 saturated carbocycles. The molecule has 0 amide bonds. The van der Waals surface area contributed by atoms with Crippen LogP contribution < -0.4 is 0 Å². The number of benzene rings is 1. The van der Waals surface area contributed by atoms with Gasteiger partial charge in [-0.15, -0.1) is 0 Å². The van der Waals surface area contributed by atoms with Gasteiger partial charge in [-0.1, -0.05) is 28.1 Å².